The van der Waals surface area contributed by atoms with Gasteiger partial charge in [0.2, 0.25) is 15.7 Å². The fraction of sp³-hybridized carbons (Fsp3) is 0.227. The number of H-pyrrole nitrogens is 1. The topological polar surface area (TPSA) is 70.2 Å². The van der Waals surface area contributed by atoms with Gasteiger partial charge in [-0.15, -0.1) is 0 Å². The van der Waals surface area contributed by atoms with Gasteiger partial charge in [-0.1, -0.05) is 35.9 Å². The number of allylic oxidation sites excluding steroid dienone is 1. The quantitative estimate of drug-likeness (QED) is 0.712. The maximum atomic E-state index is 12.9. The monoisotopic (exact) mass is 394 g/mol. The molecule has 1 N–H and O–H groups in total. The summed E-state index contributed by atoms with van der Waals surface area (Å²) in [6.07, 6.45) is 4.59. The van der Waals surface area contributed by atoms with Crippen molar-refractivity contribution in [3.63, 3.8) is 0 Å². The van der Waals surface area contributed by atoms with E-state index in [1.54, 1.807) is 29.2 Å². The zero-order valence-corrected chi connectivity index (χ0v) is 16.5. The standard InChI is InChI=1S/C22H22N2O3S/c1-16-6-8-18(9-7-16)28(26,27)19-10-11-22(25)24(15-19)13-12-17-14-23-21-5-3-2-4-20(17)21/h2-9,14-15,23H,10-13H2,1H3. The lowest BCUT2D eigenvalue weighted by Gasteiger charge is -2.25. The number of amides is 1. The first-order valence-corrected chi connectivity index (χ1v) is 10.8. The largest absolute Gasteiger partial charge is 0.361 e. The van der Waals surface area contributed by atoms with Gasteiger partial charge >= 0.3 is 0 Å². The number of carbonyl (C=O) groups is 1. The molecule has 1 aromatic heterocycles. The fourth-order valence-corrected chi connectivity index (χ4v) is 4.96. The molecule has 0 spiro atoms. The van der Waals surface area contributed by atoms with Crippen LogP contribution in [0.25, 0.3) is 10.9 Å². The van der Waals surface area contributed by atoms with Crippen LogP contribution in [0.4, 0.5) is 0 Å². The summed E-state index contributed by atoms with van der Waals surface area (Å²) >= 11 is 0. The average molecular weight is 394 g/mol. The van der Waals surface area contributed by atoms with E-state index in [0.29, 0.717) is 17.9 Å². The number of nitrogens with one attached hydrogen (secondary N) is 1. The molecule has 0 aliphatic carbocycles. The van der Waals surface area contributed by atoms with Crippen molar-refractivity contribution in [2.24, 2.45) is 0 Å². The average Bonchev–Trinajstić information content (AvgIpc) is 3.11. The predicted octanol–water partition coefficient (Wildman–Crippen LogP) is 3.96. The van der Waals surface area contributed by atoms with Gasteiger partial charge in [-0.25, -0.2) is 8.42 Å². The number of rotatable bonds is 5. The Morgan fingerprint density at radius 1 is 1.04 bits per heavy atom. The van der Waals surface area contributed by atoms with Crippen LogP contribution in [0.15, 0.2) is 70.7 Å². The van der Waals surface area contributed by atoms with Gasteiger partial charge in [-0.2, -0.15) is 0 Å². The predicted molar refractivity (Wildman–Crippen MR) is 109 cm³/mol. The lowest BCUT2D eigenvalue weighted by atomic mass is 10.1. The van der Waals surface area contributed by atoms with E-state index in [1.807, 2.05) is 37.4 Å². The smallest absolute Gasteiger partial charge is 0.226 e. The van der Waals surface area contributed by atoms with Gasteiger partial charge in [-0.3, -0.25) is 4.79 Å². The fourth-order valence-electron chi connectivity index (χ4n) is 3.53. The Labute approximate surface area is 164 Å². The third-order valence-electron chi connectivity index (χ3n) is 5.18. The molecule has 0 atom stereocenters. The van der Waals surface area contributed by atoms with E-state index in [9.17, 15) is 13.2 Å². The van der Waals surface area contributed by atoms with E-state index >= 15 is 0 Å². The molecule has 4 rings (SSSR count). The Kier molecular flexibility index (Phi) is 4.81. The summed E-state index contributed by atoms with van der Waals surface area (Å²) in [5.41, 5.74) is 3.18. The summed E-state index contributed by atoms with van der Waals surface area (Å²) in [4.78, 5) is 17.7. The minimum Gasteiger partial charge on any atom is -0.361 e. The van der Waals surface area contributed by atoms with Crippen LogP contribution < -0.4 is 0 Å². The molecule has 0 radical (unpaired) electrons. The number of fused-ring (bicyclic) bond motifs is 1. The highest BCUT2D eigenvalue weighted by Crippen LogP contribution is 2.28. The Balaban J connectivity index is 1.57. The summed E-state index contributed by atoms with van der Waals surface area (Å²) < 4.78 is 25.9. The van der Waals surface area contributed by atoms with Crippen LogP contribution in [0.1, 0.15) is 24.0 Å². The number of aryl methyl sites for hydroxylation is 1. The zero-order chi connectivity index (χ0) is 19.7. The number of aromatic nitrogens is 1. The Morgan fingerprint density at radius 3 is 2.57 bits per heavy atom. The highest BCUT2D eigenvalue weighted by molar-refractivity contribution is 7.95. The van der Waals surface area contributed by atoms with Gasteiger partial charge < -0.3 is 9.88 Å². The second-order valence-electron chi connectivity index (χ2n) is 7.11. The summed E-state index contributed by atoms with van der Waals surface area (Å²) in [7, 11) is -3.58. The minimum absolute atomic E-state index is 0.0392. The molecule has 0 saturated carbocycles. The molecular weight excluding hydrogens is 372 g/mol. The lowest BCUT2D eigenvalue weighted by Crippen LogP contribution is -2.32. The van der Waals surface area contributed by atoms with Crippen molar-refractivity contribution < 1.29 is 13.2 Å². The number of benzene rings is 2. The lowest BCUT2D eigenvalue weighted by molar-refractivity contribution is -0.129. The molecule has 1 amide bonds. The molecule has 1 aliphatic heterocycles. The van der Waals surface area contributed by atoms with E-state index in [-0.39, 0.29) is 23.6 Å². The molecule has 6 heteroatoms. The molecule has 2 aromatic carbocycles. The van der Waals surface area contributed by atoms with Crippen molar-refractivity contribution in [2.45, 2.75) is 31.1 Å². The van der Waals surface area contributed by atoms with Gasteiger partial charge in [-0.05, 0) is 43.5 Å². The van der Waals surface area contributed by atoms with E-state index in [4.69, 9.17) is 0 Å². The summed E-state index contributed by atoms with van der Waals surface area (Å²) in [5, 5.41) is 1.13. The van der Waals surface area contributed by atoms with Crippen molar-refractivity contribution in [1.29, 1.82) is 0 Å². The number of aromatic amines is 1. The third kappa shape index (κ3) is 3.47. The number of para-hydroxylation sites is 1. The SMILES string of the molecule is Cc1ccc(S(=O)(=O)C2=CN(CCc3c[nH]c4ccccc34)C(=O)CC2)cc1. The van der Waals surface area contributed by atoms with Crippen molar-refractivity contribution >= 4 is 26.6 Å². The van der Waals surface area contributed by atoms with Gasteiger partial charge in [0.1, 0.15) is 0 Å². The number of hydrogen-bond acceptors (Lipinski definition) is 3. The van der Waals surface area contributed by atoms with E-state index in [2.05, 4.69) is 4.98 Å². The molecule has 0 unspecified atom stereocenters. The van der Waals surface area contributed by atoms with Crippen LogP contribution in [0.3, 0.4) is 0 Å². The summed E-state index contributed by atoms with van der Waals surface area (Å²) in [6, 6.07) is 14.8. The molecular formula is C22H22N2O3S. The Bertz CT molecular complexity index is 1160. The van der Waals surface area contributed by atoms with Crippen LogP contribution in [0, 0.1) is 6.92 Å². The highest BCUT2D eigenvalue weighted by atomic mass is 32.2. The Hall–Kier alpha value is -2.86. The van der Waals surface area contributed by atoms with Crippen molar-refractivity contribution in [1.82, 2.24) is 9.88 Å². The van der Waals surface area contributed by atoms with Crippen LogP contribution in [-0.4, -0.2) is 30.8 Å². The molecule has 1 aliphatic rings. The second kappa shape index (κ2) is 7.28. The first-order valence-electron chi connectivity index (χ1n) is 9.32. The van der Waals surface area contributed by atoms with E-state index in [0.717, 1.165) is 22.0 Å². The molecule has 3 aromatic rings. The molecule has 0 saturated heterocycles. The van der Waals surface area contributed by atoms with E-state index in [1.165, 1.54) is 6.20 Å². The number of nitrogens with zero attached hydrogens (tertiary/aromatic N) is 1. The van der Waals surface area contributed by atoms with Crippen LogP contribution in [-0.2, 0) is 21.1 Å². The summed E-state index contributed by atoms with van der Waals surface area (Å²) in [5.74, 6) is -0.0392. The van der Waals surface area contributed by atoms with Crippen molar-refractivity contribution in [3.05, 3.63) is 77.0 Å². The van der Waals surface area contributed by atoms with Gasteiger partial charge in [0.25, 0.3) is 0 Å². The Morgan fingerprint density at radius 2 is 1.79 bits per heavy atom. The molecule has 0 fully saturated rings. The van der Waals surface area contributed by atoms with Gasteiger partial charge in [0.15, 0.2) is 0 Å². The van der Waals surface area contributed by atoms with Crippen LogP contribution >= 0.6 is 0 Å². The van der Waals surface area contributed by atoms with Gasteiger partial charge in [0.05, 0.1) is 9.80 Å². The maximum absolute atomic E-state index is 12.9. The molecule has 2 heterocycles. The van der Waals surface area contributed by atoms with E-state index < -0.39 is 9.84 Å². The first kappa shape index (κ1) is 18.5. The maximum Gasteiger partial charge on any atom is 0.226 e. The minimum atomic E-state index is -3.58. The zero-order valence-electron chi connectivity index (χ0n) is 15.7. The molecule has 0 bridgehead atoms. The number of hydrogen-bond donors (Lipinski definition) is 1. The van der Waals surface area contributed by atoms with Crippen molar-refractivity contribution in [2.75, 3.05) is 6.54 Å². The highest BCUT2D eigenvalue weighted by Gasteiger charge is 2.27. The first-order chi connectivity index (χ1) is 13.4. The normalized spacial score (nSPS) is 15.1. The third-order valence-corrected chi connectivity index (χ3v) is 7.07. The van der Waals surface area contributed by atoms with Crippen molar-refractivity contribution in [3.8, 4) is 0 Å². The molecule has 144 valence electrons. The van der Waals surface area contributed by atoms with Crippen LogP contribution in [0.2, 0.25) is 0 Å². The number of carbonyl (C=O) groups excluding carboxylic acids is 1. The van der Waals surface area contributed by atoms with Crippen LogP contribution in [0.5, 0.6) is 0 Å². The molecule has 28 heavy (non-hydrogen) atoms. The number of sulfone groups is 1. The summed E-state index contributed by atoms with van der Waals surface area (Å²) in [6.45, 7) is 2.37. The molecule has 5 nitrogen and oxygen atoms in total. The second-order valence-corrected chi connectivity index (χ2v) is 9.11. The van der Waals surface area contributed by atoms with Gasteiger partial charge in [0, 0.05) is 36.3 Å².